The van der Waals surface area contributed by atoms with Gasteiger partial charge in [0.15, 0.2) is 0 Å². The van der Waals surface area contributed by atoms with E-state index in [1.807, 2.05) is 10.6 Å². The van der Waals surface area contributed by atoms with E-state index in [1.54, 1.807) is 29.2 Å². The van der Waals surface area contributed by atoms with E-state index in [9.17, 15) is 29.3 Å². The lowest BCUT2D eigenvalue weighted by Gasteiger charge is -2.32. The van der Waals surface area contributed by atoms with E-state index in [2.05, 4.69) is 10.3 Å². The molecule has 0 bridgehead atoms. The summed E-state index contributed by atoms with van der Waals surface area (Å²) in [6, 6.07) is 8.31. The van der Waals surface area contributed by atoms with Gasteiger partial charge >= 0.3 is 6.03 Å². The van der Waals surface area contributed by atoms with Crippen molar-refractivity contribution in [2.45, 2.75) is 18.9 Å². The molecule has 1 aromatic heterocycles. The second kappa shape index (κ2) is 9.48. The number of carbonyl (C=O) groups is 4. The van der Waals surface area contributed by atoms with Gasteiger partial charge in [0.25, 0.3) is 23.4 Å². The third kappa shape index (κ3) is 5.06. The molecular weight excluding hydrogens is 444 g/mol. The molecule has 0 spiro atoms. The number of amides is 5. The van der Waals surface area contributed by atoms with Crippen molar-refractivity contribution in [2.24, 2.45) is 0 Å². The van der Waals surface area contributed by atoms with Crippen LogP contribution in [0, 0.1) is 10.1 Å². The highest BCUT2D eigenvalue weighted by molar-refractivity contribution is 6.31. The first kappa shape index (κ1) is 22.6. The van der Waals surface area contributed by atoms with Crippen molar-refractivity contribution in [3.63, 3.8) is 0 Å². The molecule has 2 aromatic rings. The van der Waals surface area contributed by atoms with Crippen molar-refractivity contribution in [1.82, 2.24) is 20.5 Å². The number of piperidine rings is 1. The molecule has 2 aliphatic heterocycles. The first-order valence-corrected chi connectivity index (χ1v) is 10.4. The summed E-state index contributed by atoms with van der Waals surface area (Å²) in [7, 11) is 0. The standard InChI is InChI=1S/C22H20N6O6/c29-19-17(20(30)26-22(32)25-19)11-13-1-3-14(4-2-13)21(31)27-9-6-15(7-10-27)24-18-12-16(28(33)34)5-8-23-18/h1-5,8,11-12,15H,6-7,9-10H2,(H,23,24)(H2,25,26,29,30,32). The van der Waals surface area contributed by atoms with E-state index >= 15 is 0 Å². The third-order valence-electron chi connectivity index (χ3n) is 5.50. The second-order valence-electron chi connectivity index (χ2n) is 7.78. The van der Waals surface area contributed by atoms with Crippen LogP contribution in [0.15, 0.2) is 48.2 Å². The first-order valence-electron chi connectivity index (χ1n) is 10.4. The number of urea groups is 1. The van der Waals surface area contributed by atoms with Crippen molar-refractivity contribution in [2.75, 3.05) is 18.4 Å². The molecule has 3 N–H and O–H groups in total. The zero-order valence-corrected chi connectivity index (χ0v) is 17.8. The molecule has 2 fully saturated rings. The summed E-state index contributed by atoms with van der Waals surface area (Å²) >= 11 is 0. The average Bonchev–Trinajstić information content (AvgIpc) is 2.82. The number of carbonyl (C=O) groups excluding carboxylic acids is 4. The molecule has 174 valence electrons. The zero-order chi connectivity index (χ0) is 24.2. The number of hydrogen-bond donors (Lipinski definition) is 3. The van der Waals surface area contributed by atoms with E-state index in [4.69, 9.17) is 0 Å². The highest BCUT2D eigenvalue weighted by Crippen LogP contribution is 2.20. The van der Waals surface area contributed by atoms with E-state index in [-0.39, 0.29) is 23.2 Å². The number of pyridine rings is 1. The van der Waals surface area contributed by atoms with Crippen molar-refractivity contribution in [3.05, 3.63) is 69.4 Å². The monoisotopic (exact) mass is 464 g/mol. The van der Waals surface area contributed by atoms with Crippen LogP contribution in [0.25, 0.3) is 6.08 Å². The fourth-order valence-electron chi connectivity index (χ4n) is 3.73. The minimum absolute atomic E-state index is 0.0345. The molecule has 3 heterocycles. The summed E-state index contributed by atoms with van der Waals surface area (Å²) < 4.78 is 0. The topological polar surface area (TPSA) is 164 Å². The maximum absolute atomic E-state index is 12.9. The Balaban J connectivity index is 1.34. The van der Waals surface area contributed by atoms with Gasteiger partial charge in [0.05, 0.1) is 11.0 Å². The number of imide groups is 2. The van der Waals surface area contributed by atoms with E-state index < -0.39 is 22.8 Å². The Morgan fingerprint density at radius 2 is 1.74 bits per heavy atom. The molecule has 1 aromatic carbocycles. The predicted molar refractivity (Wildman–Crippen MR) is 120 cm³/mol. The minimum atomic E-state index is -0.867. The van der Waals surface area contributed by atoms with Crippen LogP contribution in [-0.4, -0.2) is 57.7 Å². The quantitative estimate of drug-likeness (QED) is 0.259. The minimum Gasteiger partial charge on any atom is -0.367 e. The largest absolute Gasteiger partial charge is 0.367 e. The summed E-state index contributed by atoms with van der Waals surface area (Å²) in [5, 5.41) is 18.1. The van der Waals surface area contributed by atoms with Crippen LogP contribution in [-0.2, 0) is 9.59 Å². The van der Waals surface area contributed by atoms with E-state index in [0.29, 0.717) is 42.9 Å². The maximum Gasteiger partial charge on any atom is 0.328 e. The normalized spacial score (nSPS) is 16.5. The molecule has 2 aliphatic rings. The summed E-state index contributed by atoms with van der Waals surface area (Å²) in [5.74, 6) is -1.30. The maximum atomic E-state index is 12.9. The van der Waals surface area contributed by atoms with Crippen LogP contribution < -0.4 is 16.0 Å². The first-order chi connectivity index (χ1) is 16.3. The van der Waals surface area contributed by atoms with Gasteiger partial charge in [0.2, 0.25) is 0 Å². The zero-order valence-electron chi connectivity index (χ0n) is 17.8. The van der Waals surface area contributed by atoms with Gasteiger partial charge in [0, 0.05) is 37.0 Å². The number of nitro groups is 1. The van der Waals surface area contributed by atoms with Crippen LogP contribution in [0.2, 0.25) is 0 Å². The van der Waals surface area contributed by atoms with Gasteiger partial charge in [-0.05, 0) is 36.6 Å². The number of benzene rings is 1. The number of anilines is 1. The van der Waals surface area contributed by atoms with Crippen molar-refractivity contribution >= 4 is 41.3 Å². The molecule has 12 nitrogen and oxygen atoms in total. The number of rotatable bonds is 5. The number of nitrogens with zero attached hydrogens (tertiary/aromatic N) is 3. The molecule has 34 heavy (non-hydrogen) atoms. The summed E-state index contributed by atoms with van der Waals surface area (Å²) in [4.78, 5) is 63.9. The van der Waals surface area contributed by atoms with E-state index in [0.717, 1.165) is 0 Å². The molecule has 0 saturated carbocycles. The molecule has 0 atom stereocenters. The Morgan fingerprint density at radius 1 is 1.09 bits per heavy atom. The third-order valence-corrected chi connectivity index (χ3v) is 5.50. The van der Waals surface area contributed by atoms with Crippen LogP contribution in [0.5, 0.6) is 0 Å². The fraction of sp³-hybridized carbons (Fsp3) is 0.227. The molecule has 12 heteroatoms. The number of likely N-dealkylation sites (tertiary alicyclic amines) is 1. The van der Waals surface area contributed by atoms with Gasteiger partial charge in [-0.15, -0.1) is 0 Å². The van der Waals surface area contributed by atoms with Crippen LogP contribution >= 0.6 is 0 Å². The second-order valence-corrected chi connectivity index (χ2v) is 7.78. The number of nitrogens with one attached hydrogen (secondary N) is 3. The Labute approximate surface area is 193 Å². The lowest BCUT2D eigenvalue weighted by Crippen LogP contribution is -2.51. The molecule has 0 radical (unpaired) electrons. The van der Waals surface area contributed by atoms with Gasteiger partial charge in [-0.2, -0.15) is 0 Å². The smallest absolute Gasteiger partial charge is 0.328 e. The molecule has 2 saturated heterocycles. The molecule has 5 amide bonds. The highest BCUT2D eigenvalue weighted by atomic mass is 16.6. The number of barbiturate groups is 1. The van der Waals surface area contributed by atoms with Crippen LogP contribution in [0.4, 0.5) is 16.3 Å². The van der Waals surface area contributed by atoms with Crippen LogP contribution in [0.3, 0.4) is 0 Å². The van der Waals surface area contributed by atoms with Gasteiger partial charge < -0.3 is 10.2 Å². The lowest BCUT2D eigenvalue weighted by atomic mass is 10.0. The predicted octanol–water partition coefficient (Wildman–Crippen LogP) is 1.46. The summed E-state index contributed by atoms with van der Waals surface area (Å²) in [5.41, 5.74) is 0.745. The Hall–Kier alpha value is -4.61. The Kier molecular flexibility index (Phi) is 6.30. The SMILES string of the molecule is O=C1NC(=O)C(=Cc2ccc(C(=O)N3CCC(Nc4cc([N+](=O)[O-])ccn4)CC3)cc2)C(=O)N1. The van der Waals surface area contributed by atoms with Crippen LogP contribution in [0.1, 0.15) is 28.8 Å². The fourth-order valence-corrected chi connectivity index (χ4v) is 3.73. The molecule has 0 aliphatic carbocycles. The average molecular weight is 464 g/mol. The number of hydrogen-bond acceptors (Lipinski definition) is 8. The van der Waals surface area contributed by atoms with Gasteiger partial charge in [-0.25, -0.2) is 9.78 Å². The summed E-state index contributed by atoms with van der Waals surface area (Å²) in [6.45, 7) is 1.01. The van der Waals surface area contributed by atoms with E-state index in [1.165, 1.54) is 24.4 Å². The molecular formula is C22H20N6O6. The van der Waals surface area contributed by atoms with Crippen molar-refractivity contribution in [3.8, 4) is 0 Å². The molecule has 4 rings (SSSR count). The molecule has 0 unspecified atom stereocenters. The Bertz CT molecular complexity index is 1180. The van der Waals surface area contributed by atoms with Crippen molar-refractivity contribution < 1.29 is 24.1 Å². The highest BCUT2D eigenvalue weighted by Gasteiger charge is 2.28. The van der Waals surface area contributed by atoms with Gasteiger partial charge in [-0.1, -0.05) is 12.1 Å². The Morgan fingerprint density at radius 3 is 2.35 bits per heavy atom. The van der Waals surface area contributed by atoms with Gasteiger partial charge in [0.1, 0.15) is 11.4 Å². The number of aromatic nitrogens is 1. The lowest BCUT2D eigenvalue weighted by molar-refractivity contribution is -0.384. The summed E-state index contributed by atoms with van der Waals surface area (Å²) in [6.07, 6.45) is 4.03. The van der Waals surface area contributed by atoms with Crippen molar-refractivity contribution in [1.29, 1.82) is 0 Å². The van der Waals surface area contributed by atoms with Gasteiger partial charge in [-0.3, -0.25) is 35.1 Å².